The Balaban J connectivity index is 1.51. The van der Waals surface area contributed by atoms with Gasteiger partial charge in [-0.2, -0.15) is 0 Å². The molecule has 3 N–H and O–H groups in total. The molecule has 2 atom stereocenters. The number of nitrogens with one attached hydrogen (secondary N) is 3. The van der Waals surface area contributed by atoms with Crippen molar-refractivity contribution in [2.45, 2.75) is 44.7 Å². The lowest BCUT2D eigenvalue weighted by Crippen LogP contribution is -2.53. The third-order valence-corrected chi connectivity index (χ3v) is 7.32. The summed E-state index contributed by atoms with van der Waals surface area (Å²) in [5.74, 6) is -0.635. The van der Waals surface area contributed by atoms with E-state index in [1.54, 1.807) is 31.3 Å². The number of para-hydroxylation sites is 2. The van der Waals surface area contributed by atoms with Crippen molar-refractivity contribution in [3.8, 4) is 11.5 Å². The number of benzene rings is 3. The van der Waals surface area contributed by atoms with Gasteiger partial charge in [0.2, 0.25) is 17.7 Å². The summed E-state index contributed by atoms with van der Waals surface area (Å²) in [4.78, 5) is 54.9. The number of hydrogen-bond donors (Lipinski definition) is 3. The molecule has 1 heterocycles. The van der Waals surface area contributed by atoms with Gasteiger partial charge in [0, 0.05) is 13.5 Å². The molecule has 232 valence electrons. The Labute approximate surface area is 258 Å². The number of carbonyl (C=O) groups excluding carboxylic acids is 4. The number of fused-ring (bicyclic) bond motifs is 1. The SMILES string of the molecule is CC(C)c1ccccc1OCCNC(=O)[C@@H]1CC(=O)N[C@H](Cc2ccccc2)C(=O)N(C)CCOc2ccccc2C(=O)N1. The Morgan fingerprint density at radius 1 is 0.977 bits per heavy atom. The molecule has 0 radical (unpaired) electrons. The van der Waals surface area contributed by atoms with E-state index >= 15 is 0 Å². The molecule has 4 rings (SSSR count). The van der Waals surface area contributed by atoms with Crippen LogP contribution in [0.25, 0.3) is 0 Å². The largest absolute Gasteiger partial charge is 0.491 e. The fourth-order valence-electron chi connectivity index (χ4n) is 4.93. The van der Waals surface area contributed by atoms with E-state index in [2.05, 4.69) is 29.8 Å². The van der Waals surface area contributed by atoms with E-state index in [0.29, 0.717) is 5.75 Å². The van der Waals surface area contributed by atoms with E-state index in [4.69, 9.17) is 9.47 Å². The van der Waals surface area contributed by atoms with Crippen molar-refractivity contribution in [1.29, 1.82) is 0 Å². The molecule has 0 spiro atoms. The van der Waals surface area contributed by atoms with Gasteiger partial charge in [-0.25, -0.2) is 0 Å². The predicted octanol–water partition coefficient (Wildman–Crippen LogP) is 3.07. The number of rotatable bonds is 8. The molecule has 3 aromatic carbocycles. The molecule has 0 bridgehead atoms. The fourth-order valence-corrected chi connectivity index (χ4v) is 4.93. The standard InChI is InChI=1S/C34H40N4O6/c1-23(2)25-13-7-9-15-29(25)43-19-17-35-33(41)27-22-31(39)36-28(21-24-11-5-4-6-12-24)34(42)38(3)18-20-44-30-16-10-8-14-26(30)32(40)37-27/h4-16,23,27-28H,17-22H2,1-3H3,(H,35,41)(H,36,39)(H,37,40)/t27-,28+/m0/s1. The van der Waals surface area contributed by atoms with Gasteiger partial charge in [-0.1, -0.05) is 74.5 Å². The van der Waals surface area contributed by atoms with E-state index in [1.165, 1.54) is 4.90 Å². The zero-order chi connectivity index (χ0) is 31.5. The number of ether oxygens (including phenoxy) is 2. The summed E-state index contributed by atoms with van der Waals surface area (Å²) in [7, 11) is 1.64. The van der Waals surface area contributed by atoms with Crippen molar-refractivity contribution in [2.75, 3.05) is 33.4 Å². The van der Waals surface area contributed by atoms with Gasteiger partial charge in [0.1, 0.15) is 36.8 Å². The Morgan fingerprint density at radius 2 is 1.68 bits per heavy atom. The molecule has 3 aromatic rings. The lowest BCUT2D eigenvalue weighted by molar-refractivity contribution is -0.136. The minimum Gasteiger partial charge on any atom is -0.491 e. The summed E-state index contributed by atoms with van der Waals surface area (Å²) >= 11 is 0. The fraction of sp³-hybridized carbons (Fsp3) is 0.353. The molecule has 0 aliphatic carbocycles. The quantitative estimate of drug-likeness (QED) is 0.342. The van der Waals surface area contributed by atoms with Gasteiger partial charge in [0.05, 0.1) is 25.1 Å². The summed E-state index contributed by atoms with van der Waals surface area (Å²) in [5.41, 5.74) is 2.14. The van der Waals surface area contributed by atoms with Gasteiger partial charge >= 0.3 is 0 Å². The maximum atomic E-state index is 13.4. The number of likely N-dealkylation sites (N-methyl/N-ethyl adjacent to an activating group) is 1. The van der Waals surface area contributed by atoms with Crippen LogP contribution in [0.2, 0.25) is 0 Å². The van der Waals surface area contributed by atoms with Crippen LogP contribution in [0.3, 0.4) is 0 Å². The van der Waals surface area contributed by atoms with E-state index in [-0.39, 0.29) is 56.5 Å². The molecule has 1 aliphatic heterocycles. The average Bonchev–Trinajstić information content (AvgIpc) is 3.02. The normalized spacial score (nSPS) is 17.9. The van der Waals surface area contributed by atoms with Gasteiger partial charge in [0.15, 0.2) is 0 Å². The van der Waals surface area contributed by atoms with Crippen molar-refractivity contribution in [2.24, 2.45) is 0 Å². The maximum Gasteiger partial charge on any atom is 0.255 e. The molecule has 0 aromatic heterocycles. The molecular formula is C34H40N4O6. The summed E-state index contributed by atoms with van der Waals surface area (Å²) in [5, 5.41) is 8.27. The van der Waals surface area contributed by atoms with Crippen LogP contribution >= 0.6 is 0 Å². The van der Waals surface area contributed by atoms with Crippen LogP contribution in [0.5, 0.6) is 11.5 Å². The number of nitrogens with zero attached hydrogens (tertiary/aromatic N) is 1. The smallest absolute Gasteiger partial charge is 0.255 e. The highest BCUT2D eigenvalue weighted by molar-refractivity contribution is 6.01. The Morgan fingerprint density at radius 3 is 2.45 bits per heavy atom. The Kier molecular flexibility index (Phi) is 11.3. The lowest BCUT2D eigenvalue weighted by Gasteiger charge is -2.27. The van der Waals surface area contributed by atoms with Gasteiger partial charge in [-0.15, -0.1) is 0 Å². The Hall–Kier alpha value is -4.86. The first-order valence-electron chi connectivity index (χ1n) is 14.8. The van der Waals surface area contributed by atoms with Gasteiger partial charge in [0.25, 0.3) is 5.91 Å². The van der Waals surface area contributed by atoms with Crippen LogP contribution in [-0.2, 0) is 20.8 Å². The summed E-state index contributed by atoms with van der Waals surface area (Å²) in [6.07, 6.45) is -0.113. The monoisotopic (exact) mass is 600 g/mol. The number of amides is 4. The second-order valence-electron chi connectivity index (χ2n) is 11.0. The molecule has 0 saturated carbocycles. The van der Waals surface area contributed by atoms with Gasteiger partial charge in [-0.3, -0.25) is 19.2 Å². The zero-order valence-corrected chi connectivity index (χ0v) is 25.4. The van der Waals surface area contributed by atoms with Crippen molar-refractivity contribution in [1.82, 2.24) is 20.9 Å². The molecule has 10 heteroatoms. The summed E-state index contributed by atoms with van der Waals surface area (Å²) in [6, 6.07) is 21.6. The molecule has 0 saturated heterocycles. The second-order valence-corrected chi connectivity index (χ2v) is 11.0. The highest BCUT2D eigenvalue weighted by Gasteiger charge is 2.30. The van der Waals surface area contributed by atoms with Crippen molar-refractivity contribution < 1.29 is 28.7 Å². The minimum atomic E-state index is -1.22. The maximum absolute atomic E-state index is 13.4. The van der Waals surface area contributed by atoms with Gasteiger partial charge in [-0.05, 0) is 35.2 Å². The van der Waals surface area contributed by atoms with Crippen LogP contribution < -0.4 is 25.4 Å². The first-order valence-corrected chi connectivity index (χ1v) is 14.8. The van der Waals surface area contributed by atoms with Crippen molar-refractivity contribution in [3.63, 3.8) is 0 Å². The van der Waals surface area contributed by atoms with Gasteiger partial charge < -0.3 is 30.3 Å². The molecule has 1 aliphatic rings. The second kappa shape index (κ2) is 15.6. The van der Waals surface area contributed by atoms with Crippen LogP contribution in [0.15, 0.2) is 78.9 Å². The topological polar surface area (TPSA) is 126 Å². The van der Waals surface area contributed by atoms with Crippen molar-refractivity contribution in [3.05, 3.63) is 95.6 Å². The first kappa shape index (κ1) is 32.1. The summed E-state index contributed by atoms with van der Waals surface area (Å²) in [6.45, 7) is 4.86. The van der Waals surface area contributed by atoms with E-state index in [1.807, 2.05) is 54.6 Å². The van der Waals surface area contributed by atoms with E-state index in [0.717, 1.165) is 16.9 Å². The highest BCUT2D eigenvalue weighted by Crippen LogP contribution is 2.25. The first-order chi connectivity index (χ1) is 21.2. The predicted molar refractivity (Wildman–Crippen MR) is 167 cm³/mol. The third kappa shape index (κ3) is 8.82. The third-order valence-electron chi connectivity index (χ3n) is 7.32. The summed E-state index contributed by atoms with van der Waals surface area (Å²) < 4.78 is 11.8. The molecular weight excluding hydrogens is 560 g/mol. The molecule has 0 unspecified atom stereocenters. The minimum absolute atomic E-state index is 0.127. The average molecular weight is 601 g/mol. The van der Waals surface area contributed by atoms with Crippen LogP contribution in [0.4, 0.5) is 0 Å². The van der Waals surface area contributed by atoms with Crippen LogP contribution in [-0.4, -0.2) is 74.0 Å². The Bertz CT molecular complexity index is 1440. The van der Waals surface area contributed by atoms with Crippen molar-refractivity contribution >= 4 is 23.6 Å². The van der Waals surface area contributed by atoms with Crippen LogP contribution in [0.1, 0.15) is 47.7 Å². The van der Waals surface area contributed by atoms with Crippen LogP contribution in [0, 0.1) is 0 Å². The zero-order valence-electron chi connectivity index (χ0n) is 25.4. The number of hydrogen-bond acceptors (Lipinski definition) is 6. The molecule has 4 amide bonds. The molecule has 0 fully saturated rings. The van der Waals surface area contributed by atoms with E-state index < -0.39 is 29.8 Å². The molecule has 10 nitrogen and oxygen atoms in total. The van der Waals surface area contributed by atoms with E-state index in [9.17, 15) is 19.2 Å². The number of carbonyl (C=O) groups is 4. The lowest BCUT2D eigenvalue weighted by atomic mass is 10.0. The highest BCUT2D eigenvalue weighted by atomic mass is 16.5. The molecule has 44 heavy (non-hydrogen) atoms.